The van der Waals surface area contributed by atoms with Gasteiger partial charge < -0.3 is 22.5 Å². The van der Waals surface area contributed by atoms with Crippen LogP contribution < -0.4 is 18.3 Å². The Kier molecular flexibility index (Phi) is 9.78. The zero-order chi connectivity index (χ0) is 42.4. The summed E-state index contributed by atoms with van der Waals surface area (Å²) in [7, 11) is -9.67. The van der Waals surface area contributed by atoms with Crippen molar-refractivity contribution in [1.82, 2.24) is 4.23 Å². The first kappa shape index (κ1) is 42.7. The van der Waals surface area contributed by atoms with Gasteiger partial charge in [0.05, 0.1) is 30.8 Å². The average molecular weight is 855 g/mol. The maximum Gasteiger partial charge on any atom is 0.353 e. The lowest BCUT2D eigenvalue weighted by Gasteiger charge is -2.79. The Hall–Kier alpha value is -1.95. The molecular weight excluding hydrogens is 771 g/mol. The second kappa shape index (κ2) is 13.3. The van der Waals surface area contributed by atoms with E-state index in [9.17, 15) is 0 Å². The number of benzene rings is 2. The summed E-state index contributed by atoms with van der Waals surface area (Å²) in [5.41, 5.74) is 11.9. The topological polar surface area (TPSA) is 16.2 Å². The molecule has 2 aromatic rings. The molecule has 5 fully saturated rings. The van der Waals surface area contributed by atoms with E-state index in [0.717, 1.165) is 43.9 Å². The Morgan fingerprint density at radius 3 is 1.07 bits per heavy atom. The molecule has 0 amide bonds. The molecule has 4 aliphatic carbocycles. The lowest BCUT2D eigenvalue weighted by molar-refractivity contribution is -0.0369. The van der Waals surface area contributed by atoms with Crippen LogP contribution >= 0.6 is 0 Å². The van der Waals surface area contributed by atoms with Crippen molar-refractivity contribution in [1.29, 1.82) is 0 Å². The summed E-state index contributed by atoms with van der Waals surface area (Å²) in [4.78, 5) is 0. The monoisotopic (exact) mass is 854 g/mol. The molecule has 3 heterocycles. The first-order valence-electron chi connectivity index (χ1n) is 23.4. The second-order valence-electron chi connectivity index (χ2n) is 26.9. The Labute approximate surface area is 360 Å². The molecule has 320 valence electrons. The Bertz CT molecular complexity index is 1710. The van der Waals surface area contributed by atoms with Crippen LogP contribution in [0.3, 0.4) is 0 Å². The van der Waals surface area contributed by atoms with Gasteiger partial charge in [0, 0.05) is 37.3 Å². The molecule has 9 heteroatoms. The molecular formula is C49H83N5Si4. The molecule has 1 saturated heterocycles. The molecule has 7 aliphatic rings. The highest BCUT2D eigenvalue weighted by molar-refractivity contribution is 7.79. The van der Waals surface area contributed by atoms with Crippen molar-refractivity contribution >= 4 is 54.1 Å². The standard InChI is InChI=1S/C49H83N5Si4/c1-45(2,3)33-50-40-22-18-19-23-41(40)51(34-46(4,5)6)57(50)54(44(32-55(13,14)15)49-29-37-26-38(30-49)28-39(27-37)31-49)58(56(57,16)17)52(35-47(7,8)9)42-24-20-21-25-43(42)53(58)36-48(10,11)12/h18-25,32,37-39H,26-31,33-36H2,1-17H3. The fourth-order valence-corrected chi connectivity index (χ4v) is 62.4. The number of rotatable bonds is 7. The summed E-state index contributed by atoms with van der Waals surface area (Å²) in [5.74, 6) is 2.69. The minimum atomic E-state index is -2.77. The lowest BCUT2D eigenvalue weighted by Crippen LogP contribution is -3.12. The van der Waals surface area contributed by atoms with E-state index in [2.05, 4.69) is 193 Å². The minimum Gasteiger partial charge on any atom is -0.367 e. The smallest absolute Gasteiger partial charge is 0.353 e. The number of allylic oxidation sites excluding steroid dienone is 1. The quantitative estimate of drug-likeness (QED) is 0.257. The number of hydrogen-bond donors (Lipinski definition) is 0. The normalized spacial score (nSPS) is 28.5. The SMILES string of the molecule is CC(C)(C)CN1c2ccccc2N(CC(C)(C)C)[Si]12N(C(=C[Si](C)(C)C)C13CC4CC(CC(C4)C1)C3)[Si]1(N(CC(C)(C)C)c3ccccc3N1CC(C)(C)C)[Si]2(C)C. The molecule has 2 spiro atoms. The summed E-state index contributed by atoms with van der Waals surface area (Å²) in [6, 6.07) is 19.6. The molecule has 58 heavy (non-hydrogen) atoms. The van der Waals surface area contributed by atoms with E-state index < -0.39 is 31.3 Å². The summed E-state index contributed by atoms with van der Waals surface area (Å²) in [5, 5.41) is 0. The van der Waals surface area contributed by atoms with Crippen molar-refractivity contribution in [2.75, 3.05) is 44.4 Å². The maximum absolute atomic E-state index is 3.59. The molecule has 0 atom stereocenters. The van der Waals surface area contributed by atoms with Gasteiger partial charge in [0.15, 0.2) is 7.11 Å². The number of hydrogen-bond acceptors (Lipinski definition) is 5. The average Bonchev–Trinajstić information content (AvgIpc) is 3.46. The molecule has 3 aliphatic heterocycles. The van der Waals surface area contributed by atoms with E-state index in [1.54, 1.807) is 0 Å². The van der Waals surface area contributed by atoms with Crippen molar-refractivity contribution in [3.63, 3.8) is 0 Å². The first-order valence-corrected chi connectivity index (χ1v) is 35.6. The summed E-state index contributed by atoms with van der Waals surface area (Å²) >= 11 is 0. The first-order chi connectivity index (χ1) is 26.5. The predicted octanol–water partition coefficient (Wildman–Crippen LogP) is 12.9. The van der Waals surface area contributed by atoms with Gasteiger partial charge in [-0.05, 0) is 102 Å². The van der Waals surface area contributed by atoms with Crippen molar-refractivity contribution in [3.8, 4) is 0 Å². The van der Waals surface area contributed by atoms with Gasteiger partial charge >= 0.3 is 16.2 Å². The number of anilines is 4. The van der Waals surface area contributed by atoms with Crippen LogP contribution in [0.2, 0.25) is 32.7 Å². The molecule has 0 N–H and O–H groups in total. The van der Waals surface area contributed by atoms with Crippen molar-refractivity contribution in [2.24, 2.45) is 44.8 Å². The van der Waals surface area contributed by atoms with Crippen molar-refractivity contribution < 1.29 is 0 Å². The predicted molar refractivity (Wildman–Crippen MR) is 263 cm³/mol. The van der Waals surface area contributed by atoms with Crippen molar-refractivity contribution in [3.05, 3.63) is 59.9 Å². The molecule has 0 radical (unpaired) electrons. The van der Waals surface area contributed by atoms with Gasteiger partial charge in [-0.2, -0.15) is 0 Å². The highest BCUT2D eigenvalue weighted by Gasteiger charge is 2.93. The Morgan fingerprint density at radius 1 is 0.552 bits per heavy atom. The second-order valence-corrected chi connectivity index (χ2v) is 54.2. The van der Waals surface area contributed by atoms with Crippen LogP contribution in [-0.4, -0.2) is 61.7 Å². The van der Waals surface area contributed by atoms with Crippen LogP contribution in [0.25, 0.3) is 0 Å². The van der Waals surface area contributed by atoms with E-state index in [4.69, 9.17) is 0 Å². The Balaban J connectivity index is 1.54. The van der Waals surface area contributed by atoms with E-state index in [-0.39, 0.29) is 27.1 Å². The fraction of sp³-hybridized carbons (Fsp3) is 0.714. The fourth-order valence-electron chi connectivity index (χ4n) is 13.9. The van der Waals surface area contributed by atoms with Gasteiger partial charge in [-0.1, -0.05) is 146 Å². The van der Waals surface area contributed by atoms with Crippen LogP contribution in [0.4, 0.5) is 22.7 Å². The third-order valence-corrected chi connectivity index (χ3v) is 49.4. The zero-order valence-corrected chi connectivity index (χ0v) is 44.2. The third-order valence-electron chi connectivity index (χ3n) is 14.7. The third kappa shape index (κ3) is 6.58. The summed E-state index contributed by atoms with van der Waals surface area (Å²) < 4.78 is 16.4. The van der Waals surface area contributed by atoms with Crippen molar-refractivity contribution in [2.45, 2.75) is 154 Å². The van der Waals surface area contributed by atoms with E-state index in [0.29, 0.717) is 0 Å². The van der Waals surface area contributed by atoms with Gasteiger partial charge in [-0.25, -0.2) is 0 Å². The molecule has 4 saturated carbocycles. The van der Waals surface area contributed by atoms with Gasteiger partial charge in [0.1, 0.15) is 0 Å². The minimum absolute atomic E-state index is 0.142. The maximum atomic E-state index is 3.59. The highest BCUT2D eigenvalue weighted by Crippen LogP contribution is 2.70. The molecule has 0 unspecified atom stereocenters. The van der Waals surface area contributed by atoms with Crippen LogP contribution in [0.5, 0.6) is 0 Å². The van der Waals surface area contributed by atoms with E-state index in [1.165, 1.54) is 61.3 Å². The van der Waals surface area contributed by atoms with Gasteiger partial charge in [0.25, 0.3) is 0 Å². The van der Waals surface area contributed by atoms with E-state index >= 15 is 0 Å². The van der Waals surface area contributed by atoms with Gasteiger partial charge in [-0.3, -0.25) is 0 Å². The van der Waals surface area contributed by atoms with Crippen LogP contribution in [0, 0.1) is 44.8 Å². The number of para-hydroxylation sites is 4. The van der Waals surface area contributed by atoms with Crippen LogP contribution in [0.15, 0.2) is 59.9 Å². The van der Waals surface area contributed by atoms with Crippen LogP contribution in [0.1, 0.15) is 122 Å². The number of fused-ring (bicyclic) bond motifs is 2. The van der Waals surface area contributed by atoms with E-state index in [1.807, 2.05) is 5.70 Å². The highest BCUT2D eigenvalue weighted by atomic mass is 29.7. The van der Waals surface area contributed by atoms with Gasteiger partial charge in [0.2, 0.25) is 0 Å². The molecule has 4 bridgehead atoms. The molecule has 9 rings (SSSR count). The van der Waals surface area contributed by atoms with Crippen LogP contribution in [-0.2, 0) is 0 Å². The molecule has 0 aromatic heterocycles. The number of nitrogens with zero attached hydrogens (tertiary/aromatic N) is 5. The summed E-state index contributed by atoms with van der Waals surface area (Å²) in [6.07, 6.45) is 8.71. The van der Waals surface area contributed by atoms with Gasteiger partial charge in [-0.15, -0.1) is 0 Å². The molecule has 2 aromatic carbocycles. The largest absolute Gasteiger partial charge is 0.367 e. The zero-order valence-electron chi connectivity index (χ0n) is 40.2. The Morgan fingerprint density at radius 2 is 0.828 bits per heavy atom. The lowest BCUT2D eigenvalue weighted by atomic mass is 9.49. The molecule has 5 nitrogen and oxygen atoms in total. The summed E-state index contributed by atoms with van der Waals surface area (Å²) in [6.45, 7) is 48.6.